The Labute approximate surface area is 131 Å². The second kappa shape index (κ2) is 6.58. The van der Waals surface area contributed by atoms with Gasteiger partial charge in [-0.05, 0) is 30.2 Å². The zero-order chi connectivity index (χ0) is 15.4. The lowest BCUT2D eigenvalue weighted by Crippen LogP contribution is -2.37. The number of hydrogen-bond donors (Lipinski definition) is 1. The van der Waals surface area contributed by atoms with Gasteiger partial charge in [0.05, 0.1) is 18.8 Å². The van der Waals surface area contributed by atoms with E-state index in [1.165, 1.54) is 0 Å². The molecule has 0 spiro atoms. The van der Waals surface area contributed by atoms with Crippen molar-refractivity contribution in [2.75, 3.05) is 18.0 Å². The van der Waals surface area contributed by atoms with Crippen LogP contribution in [0, 0.1) is 0 Å². The Kier molecular flexibility index (Phi) is 4.35. The van der Waals surface area contributed by atoms with E-state index in [0.29, 0.717) is 13.1 Å². The summed E-state index contributed by atoms with van der Waals surface area (Å²) in [5.41, 5.74) is 4.20. The number of para-hydroxylation sites is 1. The van der Waals surface area contributed by atoms with Crippen LogP contribution in [0.5, 0.6) is 0 Å². The lowest BCUT2D eigenvalue weighted by molar-refractivity contribution is -0.117. The van der Waals surface area contributed by atoms with Crippen LogP contribution >= 0.6 is 0 Å². The van der Waals surface area contributed by atoms with Crippen LogP contribution in [-0.2, 0) is 11.3 Å². The number of hydrogen-bond acceptors (Lipinski definition) is 2. The monoisotopic (exact) mass is 292 g/mol. The van der Waals surface area contributed by atoms with Crippen LogP contribution in [0.15, 0.2) is 61.2 Å². The van der Waals surface area contributed by atoms with Gasteiger partial charge in [0, 0.05) is 5.56 Å². The van der Waals surface area contributed by atoms with Gasteiger partial charge in [0.15, 0.2) is 0 Å². The van der Waals surface area contributed by atoms with Crippen molar-refractivity contribution in [3.05, 3.63) is 72.3 Å². The highest BCUT2D eigenvalue weighted by molar-refractivity contribution is 5.97. The lowest BCUT2D eigenvalue weighted by atomic mass is 10.0. The van der Waals surface area contributed by atoms with Crippen LogP contribution in [0.2, 0.25) is 0 Å². The van der Waals surface area contributed by atoms with E-state index in [4.69, 9.17) is 0 Å². The van der Waals surface area contributed by atoms with Gasteiger partial charge in [0.2, 0.25) is 5.91 Å². The van der Waals surface area contributed by atoms with Crippen molar-refractivity contribution in [2.24, 2.45) is 0 Å². The largest absolute Gasteiger partial charge is 0.308 e. The number of fused-ring (bicyclic) bond motifs is 1. The smallest absolute Gasteiger partial charge is 0.241 e. The van der Waals surface area contributed by atoms with Crippen LogP contribution in [0.25, 0.3) is 5.57 Å². The molecule has 0 aromatic heterocycles. The SMILES string of the molecule is C=C1CCNCC(=O)N(Cc2ccccc2)c2ccccc21. The number of carbonyl (C=O) groups is 1. The first-order valence-corrected chi connectivity index (χ1v) is 7.58. The fraction of sp³-hybridized carbons (Fsp3) is 0.211. The number of anilines is 1. The summed E-state index contributed by atoms with van der Waals surface area (Å²) >= 11 is 0. The molecular weight excluding hydrogens is 272 g/mol. The zero-order valence-electron chi connectivity index (χ0n) is 12.6. The maximum absolute atomic E-state index is 12.6. The highest BCUT2D eigenvalue weighted by Crippen LogP contribution is 2.29. The van der Waals surface area contributed by atoms with Crippen molar-refractivity contribution in [3.63, 3.8) is 0 Å². The summed E-state index contributed by atoms with van der Waals surface area (Å²) in [6, 6.07) is 18.1. The molecule has 0 radical (unpaired) electrons. The topological polar surface area (TPSA) is 32.3 Å². The second-order valence-corrected chi connectivity index (χ2v) is 5.51. The van der Waals surface area contributed by atoms with Crippen molar-refractivity contribution in [3.8, 4) is 0 Å². The minimum Gasteiger partial charge on any atom is -0.308 e. The highest BCUT2D eigenvalue weighted by atomic mass is 16.2. The molecule has 1 aliphatic rings. The molecule has 0 unspecified atom stereocenters. The summed E-state index contributed by atoms with van der Waals surface area (Å²) in [4.78, 5) is 14.5. The molecule has 1 heterocycles. The lowest BCUT2D eigenvalue weighted by Gasteiger charge is -2.25. The van der Waals surface area contributed by atoms with Gasteiger partial charge in [-0.2, -0.15) is 0 Å². The molecule has 112 valence electrons. The molecule has 0 bridgehead atoms. The molecule has 0 saturated carbocycles. The molecule has 1 amide bonds. The molecule has 3 nitrogen and oxygen atoms in total. The zero-order valence-corrected chi connectivity index (χ0v) is 12.6. The molecule has 2 aromatic rings. The van der Waals surface area contributed by atoms with Gasteiger partial charge in [0.1, 0.15) is 0 Å². The summed E-state index contributed by atoms with van der Waals surface area (Å²) in [5, 5.41) is 3.21. The van der Waals surface area contributed by atoms with Crippen LogP contribution in [-0.4, -0.2) is 19.0 Å². The third-order valence-electron chi connectivity index (χ3n) is 3.94. The van der Waals surface area contributed by atoms with E-state index < -0.39 is 0 Å². The van der Waals surface area contributed by atoms with Crippen molar-refractivity contribution < 1.29 is 4.79 Å². The molecule has 3 rings (SSSR count). The van der Waals surface area contributed by atoms with E-state index in [2.05, 4.69) is 11.9 Å². The summed E-state index contributed by atoms with van der Waals surface area (Å²) < 4.78 is 0. The van der Waals surface area contributed by atoms with E-state index in [1.54, 1.807) is 0 Å². The Morgan fingerprint density at radius 1 is 1.05 bits per heavy atom. The summed E-state index contributed by atoms with van der Waals surface area (Å²) in [5.74, 6) is 0.0889. The van der Waals surface area contributed by atoms with Gasteiger partial charge in [-0.25, -0.2) is 0 Å². The predicted molar refractivity (Wildman–Crippen MR) is 90.6 cm³/mol. The number of nitrogens with one attached hydrogen (secondary N) is 1. The van der Waals surface area contributed by atoms with E-state index in [9.17, 15) is 4.79 Å². The first-order chi connectivity index (χ1) is 10.8. The molecule has 1 aliphatic heterocycles. The molecule has 0 atom stereocenters. The number of nitrogens with zero attached hydrogens (tertiary/aromatic N) is 1. The van der Waals surface area contributed by atoms with Crippen LogP contribution in [0.4, 0.5) is 5.69 Å². The van der Waals surface area contributed by atoms with Gasteiger partial charge in [-0.15, -0.1) is 0 Å². The normalized spacial score (nSPS) is 15.7. The number of benzene rings is 2. The maximum Gasteiger partial charge on any atom is 0.241 e. The van der Waals surface area contributed by atoms with Gasteiger partial charge in [-0.1, -0.05) is 55.1 Å². The Balaban J connectivity index is 2.02. The summed E-state index contributed by atoms with van der Waals surface area (Å²) in [6.45, 7) is 5.89. The molecule has 0 aliphatic carbocycles. The Bertz CT molecular complexity index is 679. The maximum atomic E-state index is 12.6. The Morgan fingerprint density at radius 3 is 2.59 bits per heavy atom. The highest BCUT2D eigenvalue weighted by Gasteiger charge is 2.21. The van der Waals surface area contributed by atoms with E-state index >= 15 is 0 Å². The fourth-order valence-electron chi connectivity index (χ4n) is 2.75. The molecule has 22 heavy (non-hydrogen) atoms. The minimum atomic E-state index is 0.0889. The van der Waals surface area contributed by atoms with Crippen molar-refractivity contribution in [1.29, 1.82) is 0 Å². The minimum absolute atomic E-state index is 0.0889. The summed E-state index contributed by atoms with van der Waals surface area (Å²) in [7, 11) is 0. The van der Waals surface area contributed by atoms with Crippen LogP contribution in [0.1, 0.15) is 17.5 Å². The number of rotatable bonds is 2. The molecule has 0 saturated heterocycles. The third-order valence-corrected chi connectivity index (χ3v) is 3.94. The molecule has 1 N–H and O–H groups in total. The summed E-state index contributed by atoms with van der Waals surface area (Å²) in [6.07, 6.45) is 0.851. The predicted octanol–water partition coefficient (Wildman–Crippen LogP) is 3.23. The van der Waals surface area contributed by atoms with Crippen molar-refractivity contribution >= 4 is 17.2 Å². The van der Waals surface area contributed by atoms with Crippen LogP contribution < -0.4 is 10.2 Å². The van der Waals surface area contributed by atoms with Crippen molar-refractivity contribution in [2.45, 2.75) is 13.0 Å². The van der Waals surface area contributed by atoms with Gasteiger partial charge in [-0.3, -0.25) is 4.79 Å². The number of amides is 1. The second-order valence-electron chi connectivity index (χ2n) is 5.51. The Hall–Kier alpha value is -2.39. The fourth-order valence-corrected chi connectivity index (χ4v) is 2.75. The average molecular weight is 292 g/mol. The standard InChI is InChI=1S/C19H20N2O/c1-15-11-12-20-13-19(22)21(14-16-7-3-2-4-8-16)18-10-6-5-9-17(15)18/h2-10,20H,1,11-14H2. The van der Waals surface area contributed by atoms with E-state index in [1.807, 2.05) is 59.5 Å². The van der Waals surface area contributed by atoms with Gasteiger partial charge < -0.3 is 10.2 Å². The number of carbonyl (C=O) groups excluding carboxylic acids is 1. The van der Waals surface area contributed by atoms with Gasteiger partial charge in [0.25, 0.3) is 0 Å². The van der Waals surface area contributed by atoms with Crippen molar-refractivity contribution in [1.82, 2.24) is 5.32 Å². The third kappa shape index (κ3) is 3.10. The van der Waals surface area contributed by atoms with E-state index in [-0.39, 0.29) is 5.91 Å². The first-order valence-electron chi connectivity index (χ1n) is 7.58. The van der Waals surface area contributed by atoms with Gasteiger partial charge >= 0.3 is 0 Å². The average Bonchev–Trinajstić information content (AvgIpc) is 2.61. The Morgan fingerprint density at radius 2 is 1.77 bits per heavy atom. The molecule has 3 heteroatoms. The molecule has 2 aromatic carbocycles. The molecular formula is C19H20N2O. The quantitative estimate of drug-likeness (QED) is 0.921. The first kappa shape index (κ1) is 14.5. The van der Waals surface area contributed by atoms with E-state index in [0.717, 1.165) is 35.4 Å². The molecule has 0 fully saturated rings. The van der Waals surface area contributed by atoms with Crippen LogP contribution in [0.3, 0.4) is 0 Å².